The average Bonchev–Trinajstić information content (AvgIpc) is 2.47. The summed E-state index contributed by atoms with van der Waals surface area (Å²) in [4.78, 5) is 20.7. The van der Waals surface area contributed by atoms with Crippen molar-refractivity contribution in [2.24, 2.45) is 0 Å². The van der Waals surface area contributed by atoms with E-state index in [2.05, 4.69) is 0 Å². The van der Waals surface area contributed by atoms with Gasteiger partial charge >= 0.3 is 5.97 Å². The van der Waals surface area contributed by atoms with Crippen LogP contribution >= 0.6 is 0 Å². The van der Waals surface area contributed by atoms with Crippen LogP contribution in [0.25, 0.3) is 0 Å². The Morgan fingerprint density at radius 1 is 1.33 bits per heavy atom. The molecule has 0 radical (unpaired) electrons. The van der Waals surface area contributed by atoms with Crippen molar-refractivity contribution in [3.05, 3.63) is 46.0 Å². The summed E-state index contributed by atoms with van der Waals surface area (Å²) in [6.07, 6.45) is 4.04. The molecule has 1 aromatic carbocycles. The lowest BCUT2D eigenvalue weighted by atomic mass is 10.2. The van der Waals surface area contributed by atoms with Crippen LogP contribution in [0.1, 0.15) is 16.8 Å². The second-order valence-electron chi connectivity index (χ2n) is 4.37. The summed E-state index contributed by atoms with van der Waals surface area (Å²) in [5.74, 6) is -1.52. The molecule has 1 N–H and O–H groups in total. The lowest BCUT2D eigenvalue weighted by Gasteiger charge is -2.23. The summed E-state index contributed by atoms with van der Waals surface area (Å²) in [5.41, 5.74) is -1.07. The minimum Gasteiger partial charge on any atom is -0.478 e. The average molecular weight is 312 g/mol. The van der Waals surface area contributed by atoms with E-state index in [4.69, 9.17) is 5.11 Å². The molecule has 0 saturated heterocycles. The molecule has 21 heavy (non-hydrogen) atoms. The van der Waals surface area contributed by atoms with Gasteiger partial charge in [-0.3, -0.25) is 10.1 Å². The van der Waals surface area contributed by atoms with Crippen LogP contribution in [0, 0.1) is 10.1 Å². The topological polar surface area (TPSA) is 118 Å². The van der Waals surface area contributed by atoms with Crippen LogP contribution in [0.3, 0.4) is 0 Å². The number of carboxylic acid groups (broad SMARTS) is 1. The minimum absolute atomic E-state index is 0.151. The molecule has 0 unspecified atom stereocenters. The van der Waals surface area contributed by atoms with Crippen LogP contribution < -0.4 is 0 Å². The highest BCUT2D eigenvalue weighted by atomic mass is 32.2. The van der Waals surface area contributed by atoms with Crippen LogP contribution in [0.2, 0.25) is 0 Å². The highest BCUT2D eigenvalue weighted by Gasteiger charge is 2.30. The predicted molar refractivity (Wildman–Crippen MR) is 72.6 cm³/mol. The fraction of sp³-hybridized carbons (Fsp3) is 0.250. The summed E-state index contributed by atoms with van der Waals surface area (Å²) < 4.78 is 26.0. The van der Waals surface area contributed by atoms with Gasteiger partial charge < -0.3 is 5.11 Å². The van der Waals surface area contributed by atoms with E-state index in [0.29, 0.717) is 6.42 Å². The lowest BCUT2D eigenvalue weighted by Crippen LogP contribution is -2.34. The molecule has 112 valence electrons. The number of carboxylic acids is 1. The maximum Gasteiger partial charge on any atom is 0.337 e. The van der Waals surface area contributed by atoms with Gasteiger partial charge in [-0.25, -0.2) is 13.2 Å². The maximum atomic E-state index is 12.5. The molecule has 0 bridgehead atoms. The Bertz CT molecular complexity index is 725. The molecule has 1 aliphatic heterocycles. The summed E-state index contributed by atoms with van der Waals surface area (Å²) in [5, 5.41) is 19.8. The molecular formula is C12H12N2O6S. The smallest absolute Gasteiger partial charge is 0.337 e. The van der Waals surface area contributed by atoms with E-state index in [1.807, 2.05) is 6.08 Å². The number of aromatic carboxylic acids is 1. The monoisotopic (exact) mass is 312 g/mol. The van der Waals surface area contributed by atoms with Crippen molar-refractivity contribution >= 4 is 21.7 Å². The molecule has 1 aromatic rings. The number of nitrogens with zero attached hydrogens (tertiary/aromatic N) is 2. The molecule has 1 heterocycles. The Morgan fingerprint density at radius 3 is 2.57 bits per heavy atom. The lowest BCUT2D eigenvalue weighted by molar-refractivity contribution is -0.384. The zero-order chi connectivity index (χ0) is 15.6. The molecule has 0 aliphatic carbocycles. The molecule has 0 spiro atoms. The van der Waals surface area contributed by atoms with Crippen molar-refractivity contribution in [3.8, 4) is 0 Å². The van der Waals surface area contributed by atoms with Gasteiger partial charge in [-0.1, -0.05) is 12.2 Å². The van der Waals surface area contributed by atoms with Gasteiger partial charge in [0, 0.05) is 25.2 Å². The Hall–Kier alpha value is -2.26. The molecule has 1 aliphatic rings. The first-order valence-corrected chi connectivity index (χ1v) is 7.45. The van der Waals surface area contributed by atoms with Crippen molar-refractivity contribution in [2.75, 3.05) is 13.1 Å². The first-order valence-electron chi connectivity index (χ1n) is 6.01. The highest BCUT2D eigenvalue weighted by Crippen LogP contribution is 2.25. The van der Waals surface area contributed by atoms with Gasteiger partial charge in [0.25, 0.3) is 5.69 Å². The van der Waals surface area contributed by atoms with Crippen LogP contribution in [-0.2, 0) is 10.0 Å². The third-order valence-corrected chi connectivity index (χ3v) is 4.97. The van der Waals surface area contributed by atoms with Gasteiger partial charge in [0.1, 0.15) is 0 Å². The Kier molecular flexibility index (Phi) is 4.05. The van der Waals surface area contributed by atoms with E-state index in [1.165, 1.54) is 0 Å². The van der Waals surface area contributed by atoms with Crippen LogP contribution in [0.4, 0.5) is 5.69 Å². The fourth-order valence-corrected chi connectivity index (χ4v) is 3.57. The Morgan fingerprint density at radius 2 is 2.05 bits per heavy atom. The third kappa shape index (κ3) is 2.93. The molecule has 0 fully saturated rings. The molecule has 8 nitrogen and oxygen atoms in total. The van der Waals surface area contributed by atoms with Crippen molar-refractivity contribution in [1.82, 2.24) is 4.31 Å². The number of sulfonamides is 1. The summed E-state index contributed by atoms with van der Waals surface area (Å²) in [7, 11) is -4.00. The molecular weight excluding hydrogens is 300 g/mol. The number of hydrogen-bond acceptors (Lipinski definition) is 5. The fourth-order valence-electron chi connectivity index (χ4n) is 2.00. The normalized spacial score (nSPS) is 15.8. The van der Waals surface area contributed by atoms with Gasteiger partial charge in [0.05, 0.1) is 15.4 Å². The van der Waals surface area contributed by atoms with Crippen molar-refractivity contribution in [3.63, 3.8) is 0 Å². The van der Waals surface area contributed by atoms with Crippen LogP contribution in [0.5, 0.6) is 0 Å². The largest absolute Gasteiger partial charge is 0.478 e. The number of nitro groups is 1. The number of non-ortho nitro benzene ring substituents is 1. The van der Waals surface area contributed by atoms with Gasteiger partial charge in [-0.2, -0.15) is 4.31 Å². The quantitative estimate of drug-likeness (QED) is 0.507. The van der Waals surface area contributed by atoms with E-state index in [1.54, 1.807) is 6.08 Å². The SMILES string of the molecule is O=C(O)c1cc([N+](=O)[O-])ccc1S(=O)(=O)N1CC=CCC1. The number of carbonyl (C=O) groups is 1. The second-order valence-corrected chi connectivity index (χ2v) is 6.27. The van der Waals surface area contributed by atoms with Gasteiger partial charge in [0.15, 0.2) is 0 Å². The number of benzene rings is 1. The standard InChI is InChI=1S/C12H12N2O6S/c15-12(16)10-8-9(14(17)18)4-5-11(10)21(19,20)13-6-2-1-3-7-13/h1-2,4-5,8H,3,6-7H2,(H,15,16). The Balaban J connectivity index is 2.54. The summed E-state index contributed by atoms with van der Waals surface area (Å²) in [6.45, 7) is 0.396. The second kappa shape index (κ2) is 5.62. The van der Waals surface area contributed by atoms with Gasteiger partial charge in [0.2, 0.25) is 10.0 Å². The van der Waals surface area contributed by atoms with Crippen molar-refractivity contribution in [1.29, 1.82) is 0 Å². The van der Waals surface area contributed by atoms with E-state index in [0.717, 1.165) is 22.5 Å². The van der Waals surface area contributed by atoms with E-state index < -0.39 is 37.1 Å². The third-order valence-electron chi connectivity index (χ3n) is 3.04. The van der Waals surface area contributed by atoms with Crippen LogP contribution in [-0.4, -0.2) is 41.8 Å². The number of rotatable bonds is 4. The number of hydrogen-bond donors (Lipinski definition) is 1. The van der Waals surface area contributed by atoms with Crippen LogP contribution in [0.15, 0.2) is 35.2 Å². The first kappa shape index (κ1) is 15.1. The molecule has 9 heteroatoms. The summed E-state index contributed by atoms with van der Waals surface area (Å²) >= 11 is 0. The van der Waals surface area contributed by atoms with E-state index >= 15 is 0 Å². The van der Waals surface area contributed by atoms with Crippen molar-refractivity contribution < 1.29 is 23.2 Å². The predicted octanol–water partition coefficient (Wildman–Crippen LogP) is 1.24. The number of nitro benzene ring substituents is 1. The molecule has 0 aromatic heterocycles. The minimum atomic E-state index is -4.00. The molecule has 0 saturated carbocycles. The van der Waals surface area contributed by atoms with Gasteiger partial charge in [-0.05, 0) is 12.5 Å². The zero-order valence-corrected chi connectivity index (χ0v) is 11.6. The first-order chi connectivity index (χ1) is 9.84. The van der Waals surface area contributed by atoms with Gasteiger partial charge in [-0.15, -0.1) is 0 Å². The maximum absolute atomic E-state index is 12.5. The molecule has 2 rings (SSSR count). The Labute approximate surface area is 120 Å². The molecule has 0 amide bonds. The highest BCUT2D eigenvalue weighted by molar-refractivity contribution is 7.89. The van der Waals surface area contributed by atoms with E-state index in [-0.39, 0.29) is 13.1 Å². The summed E-state index contributed by atoms with van der Waals surface area (Å²) in [6, 6.07) is 2.71. The van der Waals surface area contributed by atoms with Crippen molar-refractivity contribution in [2.45, 2.75) is 11.3 Å². The zero-order valence-electron chi connectivity index (χ0n) is 10.8. The van der Waals surface area contributed by atoms with E-state index in [9.17, 15) is 23.3 Å². The molecule has 0 atom stereocenters.